The minimum Gasteiger partial charge on any atom is -0.390 e. The number of carbonyl (C=O) groups excluding carboxylic acids is 2. The first kappa shape index (κ1) is 28.7. The number of hydrogen-bond donors (Lipinski definition) is 3. The number of aliphatic hydroxyl groups is 2. The van der Waals surface area contributed by atoms with E-state index < -0.39 is 6.10 Å². The maximum absolute atomic E-state index is 12.3. The van der Waals surface area contributed by atoms with Gasteiger partial charge >= 0.3 is 0 Å². The third-order valence-electron chi connectivity index (χ3n) is 8.14. The molecule has 36 heavy (non-hydrogen) atoms. The summed E-state index contributed by atoms with van der Waals surface area (Å²) in [5.41, 5.74) is 6.27. The lowest BCUT2D eigenvalue weighted by Crippen LogP contribution is -2.50. The lowest BCUT2D eigenvalue weighted by atomic mass is 9.97. The first-order valence-corrected chi connectivity index (χ1v) is 13.7. The molecule has 0 radical (unpaired) electrons. The van der Waals surface area contributed by atoms with Crippen molar-refractivity contribution in [2.45, 2.75) is 103 Å². The number of rotatable bonds is 7. The Morgan fingerprint density at radius 2 is 1.14 bits per heavy atom. The van der Waals surface area contributed by atoms with E-state index in [1.165, 1.54) is 30.6 Å². The van der Waals surface area contributed by atoms with Crippen LogP contribution in [-0.4, -0.2) is 99.3 Å². The molecule has 8 heteroatoms. The van der Waals surface area contributed by atoms with Crippen LogP contribution in [0.2, 0.25) is 0 Å². The number of nitrogens with two attached hydrogens (primary N) is 1. The zero-order valence-corrected chi connectivity index (χ0v) is 22.5. The molecular weight excluding hydrogens is 456 g/mol. The van der Waals surface area contributed by atoms with Crippen molar-refractivity contribution >= 4 is 11.8 Å². The molecule has 202 valence electrons. The van der Waals surface area contributed by atoms with E-state index in [1.54, 1.807) is 24.3 Å². The van der Waals surface area contributed by atoms with Crippen LogP contribution in [0.4, 0.5) is 0 Å². The second-order valence-electron chi connectivity index (χ2n) is 11.0. The number of piperidine rings is 2. The predicted molar refractivity (Wildman–Crippen MR) is 142 cm³/mol. The number of aliphatic hydroxyl groups excluding tert-OH is 2. The lowest BCUT2D eigenvalue weighted by molar-refractivity contribution is 0.0240. The second kappa shape index (κ2) is 13.1. The van der Waals surface area contributed by atoms with Crippen LogP contribution in [-0.2, 0) is 0 Å². The summed E-state index contributed by atoms with van der Waals surface area (Å²) in [6.07, 6.45) is 6.21. The summed E-state index contributed by atoms with van der Waals surface area (Å²) in [5, 5.41) is 19.9. The number of β-amino-alcohol motifs (C(OH)–C–C–N with tert-alkyl or cyclic N) is 2. The molecule has 2 fully saturated rings. The quantitative estimate of drug-likeness (QED) is 0.491. The number of amides is 2. The van der Waals surface area contributed by atoms with Crippen LogP contribution in [0.25, 0.3) is 0 Å². The molecule has 2 saturated heterocycles. The van der Waals surface area contributed by atoms with Gasteiger partial charge in [0.1, 0.15) is 0 Å². The Hall–Kier alpha value is -1.84. The van der Waals surface area contributed by atoms with Crippen LogP contribution < -0.4 is 5.73 Å². The van der Waals surface area contributed by atoms with Crippen LogP contribution in [0.5, 0.6) is 0 Å². The van der Waals surface area contributed by atoms with Crippen molar-refractivity contribution in [2.75, 3.05) is 26.2 Å². The van der Waals surface area contributed by atoms with Crippen molar-refractivity contribution < 1.29 is 19.8 Å². The number of benzene rings is 1. The van der Waals surface area contributed by atoms with Gasteiger partial charge in [0.05, 0.1) is 29.9 Å². The van der Waals surface area contributed by atoms with Crippen LogP contribution in [0.1, 0.15) is 86.9 Å². The SMILES string of the molecule is C[C@@H]1CCC[C@H](C)N1C[C@@H](O)CN.C[C@@H]1CCC[C@H](C)N1C[C@@H](O)CN1C(=O)c2ccccc2C1=O. The zero-order valence-electron chi connectivity index (χ0n) is 22.5. The minimum atomic E-state index is -0.722. The van der Waals surface area contributed by atoms with Gasteiger partial charge in [0, 0.05) is 43.8 Å². The maximum Gasteiger partial charge on any atom is 0.261 e. The van der Waals surface area contributed by atoms with Gasteiger partial charge in [-0.25, -0.2) is 0 Å². The van der Waals surface area contributed by atoms with Gasteiger partial charge in [0.25, 0.3) is 11.8 Å². The van der Waals surface area contributed by atoms with E-state index in [4.69, 9.17) is 5.73 Å². The third kappa shape index (κ3) is 6.92. The molecule has 1 aromatic rings. The Balaban J connectivity index is 0.000000236. The molecule has 0 saturated carbocycles. The molecule has 8 nitrogen and oxygen atoms in total. The molecular formula is C28H46N4O4. The van der Waals surface area contributed by atoms with Gasteiger partial charge in [0.2, 0.25) is 0 Å². The Morgan fingerprint density at radius 1 is 0.750 bits per heavy atom. The van der Waals surface area contributed by atoms with Gasteiger partial charge in [-0.05, 0) is 65.5 Å². The Bertz CT molecular complexity index is 826. The minimum absolute atomic E-state index is 0.0578. The first-order valence-electron chi connectivity index (χ1n) is 13.7. The molecule has 4 rings (SSSR count). The standard InChI is InChI=1S/C18H24N2O3.C10H22N2O/c1-12-6-5-7-13(2)19(12)10-14(21)11-20-17(22)15-8-3-4-9-16(15)18(20)23;1-8-4-3-5-9(2)12(8)7-10(13)6-11/h3-4,8-9,12-14,21H,5-7,10-11H2,1-2H3;8-10,13H,3-7,11H2,1-2H3/t12-,13+,14-;8-,9+,10-/m10/s1. The molecule has 3 aliphatic heterocycles. The lowest BCUT2D eigenvalue weighted by Gasteiger charge is -2.40. The highest BCUT2D eigenvalue weighted by Crippen LogP contribution is 2.25. The molecule has 0 unspecified atom stereocenters. The van der Waals surface area contributed by atoms with Gasteiger partial charge in [-0.1, -0.05) is 25.0 Å². The van der Waals surface area contributed by atoms with E-state index in [2.05, 4.69) is 37.5 Å². The van der Waals surface area contributed by atoms with Crippen molar-refractivity contribution in [1.29, 1.82) is 0 Å². The summed E-state index contributed by atoms with van der Waals surface area (Å²) in [6, 6.07) is 8.89. The van der Waals surface area contributed by atoms with Crippen molar-refractivity contribution in [3.05, 3.63) is 35.4 Å². The molecule has 4 N–H and O–H groups in total. The summed E-state index contributed by atoms with van der Waals surface area (Å²) >= 11 is 0. The van der Waals surface area contributed by atoms with E-state index in [-0.39, 0.29) is 24.5 Å². The normalized spacial score (nSPS) is 28.9. The smallest absolute Gasteiger partial charge is 0.261 e. The summed E-state index contributed by atoms with van der Waals surface area (Å²) in [5.74, 6) is -0.603. The van der Waals surface area contributed by atoms with Gasteiger partial charge in [-0.15, -0.1) is 0 Å². The largest absolute Gasteiger partial charge is 0.390 e. The Kier molecular flexibility index (Phi) is 10.5. The average molecular weight is 503 g/mol. The number of likely N-dealkylation sites (tertiary alicyclic amines) is 2. The van der Waals surface area contributed by atoms with E-state index in [1.807, 2.05) is 0 Å². The van der Waals surface area contributed by atoms with E-state index in [9.17, 15) is 19.8 Å². The Morgan fingerprint density at radius 3 is 1.53 bits per heavy atom. The Labute approximate surface area is 216 Å². The van der Waals surface area contributed by atoms with Gasteiger partial charge < -0.3 is 15.9 Å². The number of imide groups is 1. The first-order chi connectivity index (χ1) is 17.1. The molecule has 0 aromatic heterocycles. The summed E-state index contributed by atoms with van der Waals surface area (Å²) in [4.78, 5) is 30.5. The number of nitrogens with zero attached hydrogens (tertiary/aromatic N) is 3. The average Bonchev–Trinajstić information content (AvgIpc) is 3.09. The highest BCUT2D eigenvalue weighted by molar-refractivity contribution is 6.21. The maximum atomic E-state index is 12.3. The van der Waals surface area contributed by atoms with Crippen LogP contribution in [0, 0.1) is 0 Å². The third-order valence-corrected chi connectivity index (χ3v) is 8.14. The second-order valence-corrected chi connectivity index (χ2v) is 11.0. The van der Waals surface area contributed by atoms with Crippen LogP contribution >= 0.6 is 0 Å². The molecule has 1 aromatic carbocycles. The monoisotopic (exact) mass is 502 g/mol. The summed E-state index contributed by atoms with van der Waals surface area (Å²) in [7, 11) is 0. The van der Waals surface area contributed by atoms with Crippen LogP contribution in [0.3, 0.4) is 0 Å². The molecule has 0 bridgehead atoms. The molecule has 2 amide bonds. The van der Waals surface area contributed by atoms with E-state index >= 15 is 0 Å². The zero-order chi connectivity index (χ0) is 26.4. The van der Waals surface area contributed by atoms with Gasteiger partial charge in [-0.3, -0.25) is 24.3 Å². The van der Waals surface area contributed by atoms with E-state index in [0.29, 0.717) is 48.4 Å². The number of carbonyl (C=O) groups is 2. The molecule has 3 heterocycles. The van der Waals surface area contributed by atoms with E-state index in [0.717, 1.165) is 19.4 Å². The topological polar surface area (TPSA) is 110 Å². The highest BCUT2D eigenvalue weighted by atomic mass is 16.3. The van der Waals surface area contributed by atoms with Crippen molar-refractivity contribution in [3.8, 4) is 0 Å². The molecule has 3 aliphatic rings. The molecule has 0 spiro atoms. The van der Waals surface area contributed by atoms with Crippen molar-refractivity contribution in [1.82, 2.24) is 14.7 Å². The van der Waals surface area contributed by atoms with Crippen molar-refractivity contribution in [3.63, 3.8) is 0 Å². The van der Waals surface area contributed by atoms with Gasteiger partial charge in [0.15, 0.2) is 0 Å². The highest BCUT2D eigenvalue weighted by Gasteiger charge is 2.37. The number of hydrogen-bond acceptors (Lipinski definition) is 7. The van der Waals surface area contributed by atoms with Crippen molar-refractivity contribution in [2.24, 2.45) is 5.73 Å². The fourth-order valence-corrected chi connectivity index (χ4v) is 5.90. The van der Waals surface area contributed by atoms with Gasteiger partial charge in [-0.2, -0.15) is 0 Å². The summed E-state index contributed by atoms with van der Waals surface area (Å²) < 4.78 is 0. The molecule has 0 aliphatic carbocycles. The fraction of sp³-hybridized carbons (Fsp3) is 0.714. The predicted octanol–water partition coefficient (Wildman–Crippen LogP) is 2.48. The fourth-order valence-electron chi connectivity index (χ4n) is 5.90. The molecule has 6 atom stereocenters. The van der Waals surface area contributed by atoms with Crippen LogP contribution in [0.15, 0.2) is 24.3 Å². The number of fused-ring (bicyclic) bond motifs is 1. The summed E-state index contributed by atoms with van der Waals surface area (Å²) in [6.45, 7) is 10.5.